The minimum absolute atomic E-state index is 0. The molecule has 0 radical (unpaired) electrons. The van der Waals surface area contributed by atoms with Gasteiger partial charge >= 0.3 is 0 Å². The van der Waals surface area contributed by atoms with Gasteiger partial charge in [-0.1, -0.05) is 49.4 Å². The average Bonchev–Trinajstić information content (AvgIpc) is 2.75. The van der Waals surface area contributed by atoms with Crippen LogP contribution in [-0.4, -0.2) is 47.5 Å². The van der Waals surface area contributed by atoms with E-state index in [9.17, 15) is 14.6 Å². The minimum atomic E-state index is -0.567. The van der Waals surface area contributed by atoms with Crippen molar-refractivity contribution in [3.8, 4) is 0 Å². The number of β-amino-alcohol motifs (C(OH)–C–C–N with tert-alkyl or cyclic N) is 1. The molecule has 0 spiro atoms. The molecule has 6 heteroatoms. The fourth-order valence-corrected chi connectivity index (χ4v) is 4.08. The van der Waals surface area contributed by atoms with Crippen LogP contribution in [0.5, 0.6) is 0 Å². The monoisotopic (exact) mass is 437 g/mol. The van der Waals surface area contributed by atoms with Gasteiger partial charge in [-0.25, -0.2) is 4.39 Å². The maximum absolute atomic E-state index is 13.1. The maximum atomic E-state index is 13.1. The normalized spacial score (nSPS) is 18.4. The van der Waals surface area contributed by atoms with Crippen LogP contribution >= 0.6 is 12.4 Å². The Morgan fingerprint density at radius 1 is 1.00 bits per heavy atom. The molecule has 3 rings (SSSR count). The molecule has 1 saturated heterocycles. The van der Waals surface area contributed by atoms with E-state index in [0.29, 0.717) is 13.2 Å². The Kier molecular flexibility index (Phi) is 10.2. The number of hydrogen-bond acceptors (Lipinski definition) is 4. The maximum Gasteiger partial charge on any atom is 0.123 e. The number of rotatable bonds is 9. The van der Waals surface area contributed by atoms with Crippen LogP contribution in [0, 0.1) is 11.7 Å². The summed E-state index contributed by atoms with van der Waals surface area (Å²) in [6, 6.07) is 16.2. The lowest BCUT2D eigenvalue weighted by Gasteiger charge is -2.35. The topological polar surface area (TPSA) is 52.9 Å². The third kappa shape index (κ3) is 7.03. The van der Waals surface area contributed by atoms with Gasteiger partial charge in [-0.05, 0) is 61.5 Å². The number of piperidine rings is 1. The van der Waals surface area contributed by atoms with Crippen LogP contribution in [0.3, 0.4) is 0 Å². The number of hydrogen-bond donors (Lipinski definition) is 2. The molecule has 1 aliphatic rings. The summed E-state index contributed by atoms with van der Waals surface area (Å²) in [6.45, 7) is 4.63. The Labute approximate surface area is 185 Å². The van der Waals surface area contributed by atoms with E-state index < -0.39 is 12.2 Å². The molecule has 0 bridgehead atoms. The van der Waals surface area contributed by atoms with Crippen LogP contribution in [-0.2, 0) is 4.74 Å². The molecule has 0 amide bonds. The van der Waals surface area contributed by atoms with E-state index in [1.807, 2.05) is 18.2 Å². The number of ether oxygens (including phenoxy) is 1. The van der Waals surface area contributed by atoms with E-state index in [1.165, 1.54) is 12.1 Å². The van der Waals surface area contributed by atoms with Gasteiger partial charge in [0.05, 0.1) is 24.9 Å². The first-order chi connectivity index (χ1) is 14.1. The van der Waals surface area contributed by atoms with Crippen molar-refractivity contribution in [1.82, 2.24) is 4.90 Å². The number of aliphatic hydroxyl groups excluding tert-OH is 2. The predicted molar refractivity (Wildman–Crippen MR) is 119 cm³/mol. The smallest absolute Gasteiger partial charge is 0.123 e. The zero-order valence-corrected chi connectivity index (χ0v) is 18.3. The lowest BCUT2D eigenvalue weighted by atomic mass is 9.87. The van der Waals surface area contributed by atoms with Gasteiger partial charge in [0, 0.05) is 6.54 Å². The van der Waals surface area contributed by atoms with Crippen molar-refractivity contribution in [2.45, 2.75) is 44.5 Å². The molecule has 2 N–H and O–H groups in total. The highest BCUT2D eigenvalue weighted by Gasteiger charge is 2.27. The molecule has 166 valence electrons. The van der Waals surface area contributed by atoms with E-state index in [2.05, 4.69) is 24.0 Å². The zero-order chi connectivity index (χ0) is 20.6. The Hall–Kier alpha value is -1.50. The highest BCUT2D eigenvalue weighted by atomic mass is 35.5. The second-order valence-corrected chi connectivity index (χ2v) is 7.93. The van der Waals surface area contributed by atoms with Gasteiger partial charge in [0.2, 0.25) is 0 Å². The van der Waals surface area contributed by atoms with Crippen molar-refractivity contribution in [2.75, 3.05) is 26.2 Å². The van der Waals surface area contributed by atoms with E-state index in [4.69, 9.17) is 4.74 Å². The fraction of sp³-hybridized carbons (Fsp3) is 0.500. The zero-order valence-electron chi connectivity index (χ0n) is 17.5. The van der Waals surface area contributed by atoms with Gasteiger partial charge in [-0.2, -0.15) is 0 Å². The van der Waals surface area contributed by atoms with Crippen LogP contribution in [0.1, 0.15) is 49.5 Å². The fourth-order valence-electron chi connectivity index (χ4n) is 4.08. The van der Waals surface area contributed by atoms with Crippen molar-refractivity contribution in [1.29, 1.82) is 0 Å². The lowest BCUT2D eigenvalue weighted by molar-refractivity contribution is -0.0300. The summed E-state index contributed by atoms with van der Waals surface area (Å²) in [5.41, 5.74) is 1.91. The molecule has 2 aromatic carbocycles. The third-order valence-corrected chi connectivity index (χ3v) is 5.79. The summed E-state index contributed by atoms with van der Waals surface area (Å²) in [5.74, 6) is -0.128. The molecule has 2 aromatic rings. The third-order valence-electron chi connectivity index (χ3n) is 5.79. The van der Waals surface area contributed by atoms with Gasteiger partial charge < -0.3 is 19.8 Å². The largest absolute Gasteiger partial charge is 0.389 e. The number of halogens is 2. The highest BCUT2D eigenvalue weighted by molar-refractivity contribution is 5.85. The molecule has 30 heavy (non-hydrogen) atoms. The van der Waals surface area contributed by atoms with Crippen molar-refractivity contribution in [2.24, 2.45) is 5.92 Å². The number of likely N-dealkylation sites (tertiary alicyclic amines) is 1. The van der Waals surface area contributed by atoms with Gasteiger partial charge in [-0.15, -0.1) is 12.4 Å². The minimum Gasteiger partial charge on any atom is -0.389 e. The average molecular weight is 438 g/mol. The van der Waals surface area contributed by atoms with Gasteiger partial charge in [0.1, 0.15) is 5.82 Å². The second-order valence-electron chi connectivity index (χ2n) is 7.93. The molecule has 0 saturated carbocycles. The molecule has 4 nitrogen and oxygen atoms in total. The molecule has 1 heterocycles. The van der Waals surface area contributed by atoms with Crippen LogP contribution < -0.4 is 0 Å². The van der Waals surface area contributed by atoms with E-state index in [-0.39, 0.29) is 30.2 Å². The SMILES string of the molecule is CCC(OCC(O)CN1CCC(C(O)c2ccc(F)cc2)CC1)c1ccccc1.Cl. The van der Waals surface area contributed by atoms with Crippen molar-refractivity contribution in [3.63, 3.8) is 0 Å². The van der Waals surface area contributed by atoms with Crippen LogP contribution in [0.15, 0.2) is 54.6 Å². The molecular formula is C24H33ClFNO3. The summed E-state index contributed by atoms with van der Waals surface area (Å²) < 4.78 is 19.0. The van der Waals surface area contributed by atoms with Crippen molar-refractivity contribution >= 4 is 12.4 Å². The number of benzene rings is 2. The summed E-state index contributed by atoms with van der Waals surface area (Å²) in [7, 11) is 0. The number of nitrogens with zero attached hydrogens (tertiary/aromatic N) is 1. The second kappa shape index (κ2) is 12.4. The van der Waals surface area contributed by atoms with E-state index in [0.717, 1.165) is 43.5 Å². The molecule has 0 aliphatic carbocycles. The van der Waals surface area contributed by atoms with Crippen molar-refractivity contribution < 1.29 is 19.3 Å². The quantitative estimate of drug-likeness (QED) is 0.605. The van der Waals surface area contributed by atoms with Gasteiger partial charge in [0.25, 0.3) is 0 Å². The highest BCUT2D eigenvalue weighted by Crippen LogP contribution is 2.31. The standard InChI is InChI=1S/C24H32FNO3.ClH/c1-2-23(18-6-4-3-5-7-18)29-17-22(27)16-26-14-12-20(13-15-26)24(28)19-8-10-21(25)11-9-19;/h3-11,20,22-24,27-28H,2,12-17H2,1H3;1H. The summed E-state index contributed by atoms with van der Waals surface area (Å²) in [6.07, 6.45) is 1.47. The Morgan fingerprint density at radius 2 is 1.63 bits per heavy atom. The Bertz CT molecular complexity index is 723. The first kappa shape index (κ1) is 24.8. The number of aliphatic hydroxyl groups is 2. The van der Waals surface area contributed by atoms with Crippen molar-refractivity contribution in [3.05, 3.63) is 71.5 Å². The van der Waals surface area contributed by atoms with Gasteiger partial charge in [0.15, 0.2) is 0 Å². The summed E-state index contributed by atoms with van der Waals surface area (Å²) in [4.78, 5) is 2.23. The van der Waals surface area contributed by atoms with Crippen LogP contribution in [0.25, 0.3) is 0 Å². The van der Waals surface area contributed by atoms with E-state index >= 15 is 0 Å². The molecular weight excluding hydrogens is 405 g/mol. The first-order valence-corrected chi connectivity index (χ1v) is 10.6. The molecule has 3 atom stereocenters. The molecule has 0 aromatic heterocycles. The first-order valence-electron chi connectivity index (χ1n) is 10.6. The molecule has 1 fully saturated rings. The van der Waals surface area contributed by atoms with E-state index in [1.54, 1.807) is 12.1 Å². The summed E-state index contributed by atoms with van der Waals surface area (Å²) in [5, 5.41) is 21.0. The Morgan fingerprint density at radius 3 is 2.23 bits per heavy atom. The van der Waals surface area contributed by atoms with Crippen LogP contribution in [0.2, 0.25) is 0 Å². The summed E-state index contributed by atoms with van der Waals surface area (Å²) >= 11 is 0. The van der Waals surface area contributed by atoms with Crippen LogP contribution in [0.4, 0.5) is 4.39 Å². The lowest BCUT2D eigenvalue weighted by Crippen LogP contribution is -2.41. The van der Waals surface area contributed by atoms with Gasteiger partial charge in [-0.3, -0.25) is 0 Å². The molecule has 1 aliphatic heterocycles. The predicted octanol–water partition coefficient (Wildman–Crippen LogP) is 4.52. The molecule has 3 unspecified atom stereocenters. The Balaban J connectivity index is 0.00000320.